The first-order valence-electron chi connectivity index (χ1n) is 11.5. The fraction of sp³-hybridized carbons (Fsp3) is 0.103. The first-order valence-corrected chi connectivity index (χ1v) is 12.3. The third-order valence-electron chi connectivity index (χ3n) is 6.02. The molecule has 0 aliphatic carbocycles. The molecule has 8 heteroatoms. The van der Waals surface area contributed by atoms with Gasteiger partial charge in [-0.25, -0.2) is 9.56 Å². The van der Waals surface area contributed by atoms with Gasteiger partial charge >= 0.3 is 0 Å². The molecule has 0 saturated carbocycles. The van der Waals surface area contributed by atoms with Gasteiger partial charge in [0.15, 0.2) is 12.4 Å². The molecule has 0 saturated heterocycles. The Bertz CT molecular complexity index is 1520. The molecule has 1 aromatic heterocycles. The summed E-state index contributed by atoms with van der Waals surface area (Å²) >= 11 is 12.6. The number of benzene rings is 3. The van der Waals surface area contributed by atoms with Crippen LogP contribution in [0, 0.1) is 0 Å². The quantitative estimate of drug-likeness (QED) is 0.306. The zero-order valence-electron chi connectivity index (χ0n) is 19.9. The summed E-state index contributed by atoms with van der Waals surface area (Å²) in [4.78, 5) is 32.2. The fourth-order valence-corrected chi connectivity index (χ4v) is 4.48. The van der Waals surface area contributed by atoms with Gasteiger partial charge in [-0.3, -0.25) is 9.59 Å². The summed E-state index contributed by atoms with van der Waals surface area (Å²) in [6, 6.07) is 23.2. The van der Waals surface area contributed by atoms with Crippen molar-refractivity contribution >= 4 is 46.4 Å². The summed E-state index contributed by atoms with van der Waals surface area (Å²) in [6.07, 6.45) is 3.82. The molecule has 2 heterocycles. The molecule has 0 unspecified atom stereocenters. The molecule has 6 nitrogen and oxygen atoms in total. The number of aliphatic imine (C=N–C) groups is 1. The second-order valence-electron chi connectivity index (χ2n) is 8.57. The van der Waals surface area contributed by atoms with Gasteiger partial charge in [-0.05, 0) is 48.0 Å². The van der Waals surface area contributed by atoms with Crippen LogP contribution in [0.5, 0.6) is 5.75 Å². The minimum absolute atomic E-state index is 0.0335. The van der Waals surface area contributed by atoms with Crippen molar-refractivity contribution in [3.05, 3.63) is 124 Å². The van der Waals surface area contributed by atoms with Gasteiger partial charge in [-0.15, -0.1) is 0 Å². The molecule has 0 N–H and O–H groups in total. The molecule has 0 bridgehead atoms. The van der Waals surface area contributed by atoms with E-state index in [0.29, 0.717) is 45.8 Å². The van der Waals surface area contributed by atoms with Crippen molar-refractivity contribution in [3.63, 3.8) is 0 Å². The number of anilines is 1. The van der Waals surface area contributed by atoms with Gasteiger partial charge in [0.05, 0.1) is 17.3 Å². The highest BCUT2D eigenvalue weighted by Gasteiger charge is 2.36. The second-order valence-corrected chi connectivity index (χ2v) is 9.38. The molecule has 0 radical (unpaired) electrons. The lowest BCUT2D eigenvalue weighted by molar-refractivity contribution is -0.671. The molecule has 2 amide bonds. The van der Waals surface area contributed by atoms with Crippen LogP contribution in [0.2, 0.25) is 10.0 Å². The maximum Gasteiger partial charge on any atom is 0.278 e. The normalized spacial score (nSPS) is 13.6. The van der Waals surface area contributed by atoms with E-state index in [9.17, 15) is 9.59 Å². The van der Waals surface area contributed by atoms with Crippen LogP contribution in [0.15, 0.2) is 96.2 Å². The molecule has 0 fully saturated rings. The number of nitrogens with zero attached hydrogens (tertiary/aromatic N) is 3. The van der Waals surface area contributed by atoms with Crippen LogP contribution in [0.3, 0.4) is 0 Å². The Morgan fingerprint density at radius 3 is 2.35 bits per heavy atom. The van der Waals surface area contributed by atoms with E-state index in [1.807, 2.05) is 54.3 Å². The van der Waals surface area contributed by atoms with Crippen LogP contribution in [-0.4, -0.2) is 17.5 Å². The predicted octanol–water partition coefficient (Wildman–Crippen LogP) is 5.57. The van der Waals surface area contributed by atoms with Crippen LogP contribution < -0.4 is 14.2 Å². The Hall–Kier alpha value is -4.00. The first-order chi connectivity index (χ1) is 17.9. The van der Waals surface area contributed by atoms with Crippen molar-refractivity contribution < 1.29 is 18.9 Å². The average molecular weight is 531 g/mol. The largest absolute Gasteiger partial charge is 0.489 e. The number of ether oxygens (including phenoxy) is 1. The Labute approximate surface area is 224 Å². The van der Waals surface area contributed by atoms with Crippen LogP contribution in [0.1, 0.15) is 27.0 Å². The molecular weight excluding hydrogens is 509 g/mol. The highest BCUT2D eigenvalue weighted by Crippen LogP contribution is 2.36. The summed E-state index contributed by atoms with van der Waals surface area (Å²) in [5.41, 5.74) is 3.25. The summed E-state index contributed by atoms with van der Waals surface area (Å²) < 4.78 is 7.70. The van der Waals surface area contributed by atoms with E-state index in [2.05, 4.69) is 4.99 Å². The number of pyridine rings is 1. The number of hydrogen-bond donors (Lipinski definition) is 0. The molecule has 184 valence electrons. The van der Waals surface area contributed by atoms with Gasteiger partial charge in [-0.2, -0.15) is 0 Å². The molecule has 0 atom stereocenters. The van der Waals surface area contributed by atoms with Crippen LogP contribution >= 0.6 is 23.2 Å². The zero-order chi connectivity index (χ0) is 25.9. The highest BCUT2D eigenvalue weighted by atomic mass is 35.5. The summed E-state index contributed by atoms with van der Waals surface area (Å²) in [7, 11) is 1.92. The van der Waals surface area contributed by atoms with Gasteiger partial charge in [0.25, 0.3) is 11.8 Å². The second kappa shape index (κ2) is 10.5. The standard InChI is InChI=1S/C29H22Cl2N3O3/c1-33-15-13-19(14-16-33)17-34-25-8-4-7-24(31)26(25)27(29(34)36)32-28(35)20-9-11-22(12-10-20)37-18-21-5-2-3-6-23(21)30/h2-16H,17-18H2,1H3/q+1. The van der Waals surface area contributed by atoms with E-state index in [1.165, 1.54) is 0 Å². The SMILES string of the molecule is C[n+]1ccc(CN2C(=O)C(=NC(=O)c3ccc(OCc4ccccc4Cl)cc3)c3c(Cl)cccc32)cc1. The van der Waals surface area contributed by atoms with E-state index >= 15 is 0 Å². The van der Waals surface area contributed by atoms with Crippen LogP contribution in [0.25, 0.3) is 0 Å². The number of aryl methyl sites for hydroxylation is 1. The molecule has 5 rings (SSSR count). The molecule has 4 aromatic rings. The molecular formula is C29H22Cl2N3O3+. The predicted molar refractivity (Wildman–Crippen MR) is 143 cm³/mol. The number of aromatic nitrogens is 1. The van der Waals surface area contributed by atoms with E-state index in [-0.39, 0.29) is 11.6 Å². The van der Waals surface area contributed by atoms with Crippen molar-refractivity contribution in [2.24, 2.45) is 12.0 Å². The van der Waals surface area contributed by atoms with Gasteiger partial charge in [-0.1, -0.05) is 47.5 Å². The lowest BCUT2D eigenvalue weighted by Crippen LogP contribution is -2.31. The van der Waals surface area contributed by atoms with Crippen molar-refractivity contribution in [1.82, 2.24) is 0 Å². The van der Waals surface area contributed by atoms with Crippen molar-refractivity contribution in [1.29, 1.82) is 0 Å². The molecule has 0 spiro atoms. The minimum Gasteiger partial charge on any atom is -0.489 e. The smallest absolute Gasteiger partial charge is 0.278 e. The summed E-state index contributed by atoms with van der Waals surface area (Å²) in [6.45, 7) is 0.631. The van der Waals surface area contributed by atoms with Gasteiger partial charge < -0.3 is 9.64 Å². The van der Waals surface area contributed by atoms with E-state index < -0.39 is 5.91 Å². The first kappa shape index (κ1) is 24.7. The third-order valence-corrected chi connectivity index (χ3v) is 6.71. The number of carbonyl (C=O) groups excluding carboxylic acids is 2. The number of rotatable bonds is 6. The minimum atomic E-state index is -0.541. The Balaban J connectivity index is 1.37. The van der Waals surface area contributed by atoms with Crippen LogP contribution in [-0.2, 0) is 25.0 Å². The number of hydrogen-bond acceptors (Lipinski definition) is 3. The third kappa shape index (κ3) is 5.26. The summed E-state index contributed by atoms with van der Waals surface area (Å²) in [5.74, 6) is -0.332. The van der Waals surface area contributed by atoms with Gasteiger partial charge in [0.1, 0.15) is 25.1 Å². The van der Waals surface area contributed by atoms with E-state index in [0.717, 1.165) is 11.1 Å². The van der Waals surface area contributed by atoms with Crippen molar-refractivity contribution in [2.75, 3.05) is 4.90 Å². The van der Waals surface area contributed by atoms with E-state index in [4.69, 9.17) is 27.9 Å². The van der Waals surface area contributed by atoms with Crippen molar-refractivity contribution in [3.8, 4) is 5.75 Å². The highest BCUT2D eigenvalue weighted by molar-refractivity contribution is 6.58. The molecule has 1 aliphatic heterocycles. The number of carbonyl (C=O) groups is 2. The monoisotopic (exact) mass is 530 g/mol. The number of fused-ring (bicyclic) bond motifs is 1. The average Bonchev–Trinajstić information content (AvgIpc) is 3.16. The fourth-order valence-electron chi connectivity index (χ4n) is 4.03. The molecule has 1 aliphatic rings. The lowest BCUT2D eigenvalue weighted by atomic mass is 10.1. The Morgan fingerprint density at radius 2 is 1.62 bits per heavy atom. The Morgan fingerprint density at radius 1 is 0.919 bits per heavy atom. The summed E-state index contributed by atoms with van der Waals surface area (Å²) in [5, 5.41) is 0.989. The lowest BCUT2D eigenvalue weighted by Gasteiger charge is -2.16. The maximum absolute atomic E-state index is 13.4. The zero-order valence-corrected chi connectivity index (χ0v) is 21.4. The van der Waals surface area contributed by atoms with Crippen molar-refractivity contribution in [2.45, 2.75) is 13.2 Å². The maximum atomic E-state index is 13.4. The van der Waals surface area contributed by atoms with Gasteiger partial charge in [0, 0.05) is 33.8 Å². The number of halogens is 2. The van der Waals surface area contributed by atoms with E-state index in [1.54, 1.807) is 53.4 Å². The molecule has 3 aromatic carbocycles. The molecule has 37 heavy (non-hydrogen) atoms. The van der Waals surface area contributed by atoms with Crippen LogP contribution in [0.4, 0.5) is 5.69 Å². The Kier molecular flexibility index (Phi) is 7.04. The topological polar surface area (TPSA) is 62.8 Å². The van der Waals surface area contributed by atoms with Gasteiger partial charge in [0.2, 0.25) is 0 Å². The number of amides is 2.